The summed E-state index contributed by atoms with van der Waals surface area (Å²) in [5.74, 6) is 0.768. The molecule has 0 amide bonds. The van der Waals surface area contributed by atoms with Crippen LogP contribution in [0.3, 0.4) is 0 Å². The number of aliphatic imine (C=N–C) groups is 1. The molecule has 1 aromatic heterocycles. The molecule has 0 radical (unpaired) electrons. The highest BCUT2D eigenvalue weighted by Crippen LogP contribution is 2.15. The van der Waals surface area contributed by atoms with E-state index in [2.05, 4.69) is 56.7 Å². The smallest absolute Gasteiger partial charge is 0.191 e. The van der Waals surface area contributed by atoms with Crippen molar-refractivity contribution in [2.75, 3.05) is 26.2 Å². The molecule has 0 aliphatic rings. The molecule has 2 rings (SSSR count). The quantitative estimate of drug-likeness (QED) is 0.281. The van der Waals surface area contributed by atoms with E-state index in [0.29, 0.717) is 6.54 Å². The molecule has 2 aromatic rings. The van der Waals surface area contributed by atoms with Crippen LogP contribution in [0.1, 0.15) is 13.3 Å². The van der Waals surface area contributed by atoms with Gasteiger partial charge in [-0.25, -0.2) is 0 Å². The summed E-state index contributed by atoms with van der Waals surface area (Å²) in [5, 5.41) is 16.3. The van der Waals surface area contributed by atoms with Gasteiger partial charge in [-0.05, 0) is 30.9 Å². The molecule has 3 N–H and O–H groups in total. The van der Waals surface area contributed by atoms with E-state index in [1.54, 1.807) is 0 Å². The number of halogens is 1. The fourth-order valence-electron chi connectivity index (χ4n) is 2.28. The SMILES string of the molecule is CCNC(=NCCCn1ccc2ccccc21)NCCO.I. The van der Waals surface area contributed by atoms with Crippen molar-refractivity contribution in [3.8, 4) is 0 Å². The first-order valence-electron chi connectivity index (χ1n) is 7.52. The first-order chi connectivity index (χ1) is 10.3. The lowest BCUT2D eigenvalue weighted by atomic mass is 10.2. The highest BCUT2D eigenvalue weighted by Gasteiger charge is 1.99. The molecule has 0 unspecified atom stereocenters. The molecule has 5 nitrogen and oxygen atoms in total. The van der Waals surface area contributed by atoms with Crippen molar-refractivity contribution in [1.29, 1.82) is 0 Å². The molecule has 0 saturated heterocycles. The number of hydrogen-bond donors (Lipinski definition) is 3. The molecule has 0 atom stereocenters. The van der Waals surface area contributed by atoms with Crippen molar-refractivity contribution in [2.45, 2.75) is 19.9 Å². The van der Waals surface area contributed by atoms with Crippen LogP contribution in [-0.2, 0) is 6.54 Å². The number of nitrogens with zero attached hydrogens (tertiary/aromatic N) is 2. The van der Waals surface area contributed by atoms with Gasteiger partial charge in [-0.1, -0.05) is 18.2 Å². The van der Waals surface area contributed by atoms with E-state index in [9.17, 15) is 0 Å². The highest BCUT2D eigenvalue weighted by molar-refractivity contribution is 14.0. The van der Waals surface area contributed by atoms with Gasteiger partial charge < -0.3 is 20.3 Å². The van der Waals surface area contributed by atoms with E-state index in [4.69, 9.17) is 5.11 Å². The van der Waals surface area contributed by atoms with Crippen LogP contribution in [0.25, 0.3) is 10.9 Å². The van der Waals surface area contributed by atoms with Crippen LogP contribution in [0.2, 0.25) is 0 Å². The first-order valence-corrected chi connectivity index (χ1v) is 7.52. The summed E-state index contributed by atoms with van der Waals surface area (Å²) < 4.78 is 2.26. The normalized spacial score (nSPS) is 11.3. The summed E-state index contributed by atoms with van der Waals surface area (Å²) in [6.45, 7) is 5.19. The molecule has 0 aliphatic carbocycles. The van der Waals surface area contributed by atoms with Gasteiger partial charge >= 0.3 is 0 Å². The van der Waals surface area contributed by atoms with Crippen molar-refractivity contribution < 1.29 is 5.11 Å². The molecule has 0 fully saturated rings. The van der Waals surface area contributed by atoms with Gasteiger partial charge in [-0.15, -0.1) is 24.0 Å². The summed E-state index contributed by atoms with van der Waals surface area (Å²) in [4.78, 5) is 4.50. The van der Waals surface area contributed by atoms with E-state index >= 15 is 0 Å². The Kier molecular flexibility index (Phi) is 8.91. The lowest BCUT2D eigenvalue weighted by Crippen LogP contribution is -2.38. The van der Waals surface area contributed by atoms with Crippen molar-refractivity contribution >= 4 is 40.8 Å². The van der Waals surface area contributed by atoms with Crippen molar-refractivity contribution in [1.82, 2.24) is 15.2 Å². The van der Waals surface area contributed by atoms with Crippen LogP contribution in [0.4, 0.5) is 0 Å². The van der Waals surface area contributed by atoms with Crippen LogP contribution in [0.15, 0.2) is 41.5 Å². The molecule has 122 valence electrons. The third-order valence-electron chi connectivity index (χ3n) is 3.26. The van der Waals surface area contributed by atoms with Gasteiger partial charge in [0.25, 0.3) is 0 Å². The average Bonchev–Trinajstić information content (AvgIpc) is 2.92. The molecule has 22 heavy (non-hydrogen) atoms. The van der Waals surface area contributed by atoms with Gasteiger partial charge in [-0.2, -0.15) is 0 Å². The van der Waals surface area contributed by atoms with E-state index in [1.165, 1.54) is 10.9 Å². The molecule has 0 aliphatic heterocycles. The monoisotopic (exact) mass is 416 g/mol. The van der Waals surface area contributed by atoms with Gasteiger partial charge in [0.2, 0.25) is 0 Å². The third kappa shape index (κ3) is 5.49. The minimum Gasteiger partial charge on any atom is -0.395 e. The zero-order chi connectivity index (χ0) is 14.9. The molecule has 0 saturated carbocycles. The van der Waals surface area contributed by atoms with Gasteiger partial charge in [-0.3, -0.25) is 4.99 Å². The summed E-state index contributed by atoms with van der Waals surface area (Å²) in [5.41, 5.74) is 1.27. The summed E-state index contributed by atoms with van der Waals surface area (Å²) in [6.07, 6.45) is 3.11. The lowest BCUT2D eigenvalue weighted by Gasteiger charge is -2.10. The number of para-hydroxylation sites is 1. The van der Waals surface area contributed by atoms with Crippen LogP contribution in [-0.4, -0.2) is 41.9 Å². The summed E-state index contributed by atoms with van der Waals surface area (Å²) >= 11 is 0. The Balaban J connectivity index is 0.00000242. The van der Waals surface area contributed by atoms with Gasteiger partial charge in [0.15, 0.2) is 5.96 Å². The summed E-state index contributed by atoms with van der Waals surface area (Å²) in [7, 11) is 0. The van der Waals surface area contributed by atoms with Crippen molar-refractivity contribution in [3.05, 3.63) is 36.5 Å². The average molecular weight is 416 g/mol. The molecule has 0 bridgehead atoms. The standard InChI is InChI=1S/C16H24N4O.HI/c1-2-17-16(19-10-13-21)18-9-5-11-20-12-8-14-6-3-4-7-15(14)20;/h3-4,6-8,12,21H,2,5,9-11,13H2,1H3,(H2,17,18,19);1H. The van der Waals surface area contributed by atoms with E-state index in [-0.39, 0.29) is 30.6 Å². The molecule has 6 heteroatoms. The zero-order valence-electron chi connectivity index (χ0n) is 13.0. The lowest BCUT2D eigenvalue weighted by molar-refractivity contribution is 0.300. The number of fused-ring (bicyclic) bond motifs is 1. The molecular weight excluding hydrogens is 391 g/mol. The minimum atomic E-state index is 0. The minimum absolute atomic E-state index is 0. The second kappa shape index (κ2) is 10.4. The predicted molar refractivity (Wildman–Crippen MR) is 103 cm³/mol. The van der Waals surface area contributed by atoms with Crippen molar-refractivity contribution in [3.63, 3.8) is 0 Å². The Hall–Kier alpha value is -1.28. The maximum Gasteiger partial charge on any atom is 0.191 e. The van der Waals surface area contributed by atoms with Gasteiger partial charge in [0.1, 0.15) is 0 Å². The number of aliphatic hydroxyl groups is 1. The number of hydrogen-bond acceptors (Lipinski definition) is 2. The Morgan fingerprint density at radius 1 is 1.23 bits per heavy atom. The van der Waals surface area contributed by atoms with Gasteiger partial charge in [0.05, 0.1) is 6.61 Å². The fourth-order valence-corrected chi connectivity index (χ4v) is 2.28. The number of aryl methyl sites for hydroxylation is 1. The topological polar surface area (TPSA) is 61.6 Å². The van der Waals surface area contributed by atoms with Gasteiger partial charge in [0, 0.05) is 37.9 Å². The van der Waals surface area contributed by atoms with Crippen LogP contribution < -0.4 is 10.6 Å². The first kappa shape index (κ1) is 18.8. The maximum atomic E-state index is 8.83. The number of aliphatic hydroxyl groups excluding tert-OH is 1. The molecule has 1 aromatic carbocycles. The Bertz CT molecular complexity index is 582. The van der Waals surface area contributed by atoms with Crippen LogP contribution >= 0.6 is 24.0 Å². The number of benzene rings is 1. The molecular formula is C16H25IN4O. The maximum absolute atomic E-state index is 8.83. The zero-order valence-corrected chi connectivity index (χ0v) is 15.3. The number of aromatic nitrogens is 1. The predicted octanol–water partition coefficient (Wildman–Crippen LogP) is 2.20. The molecule has 0 spiro atoms. The second-order valence-electron chi connectivity index (χ2n) is 4.83. The summed E-state index contributed by atoms with van der Waals surface area (Å²) in [6, 6.07) is 10.6. The second-order valence-corrected chi connectivity index (χ2v) is 4.83. The number of guanidine groups is 1. The fraction of sp³-hybridized carbons (Fsp3) is 0.438. The highest BCUT2D eigenvalue weighted by atomic mass is 127. The largest absolute Gasteiger partial charge is 0.395 e. The third-order valence-corrected chi connectivity index (χ3v) is 3.26. The Morgan fingerprint density at radius 2 is 2.05 bits per heavy atom. The van der Waals surface area contributed by atoms with E-state index in [0.717, 1.165) is 32.0 Å². The van der Waals surface area contributed by atoms with Crippen LogP contribution in [0, 0.1) is 0 Å². The number of rotatable bonds is 7. The molecule has 1 heterocycles. The van der Waals surface area contributed by atoms with E-state index < -0.39 is 0 Å². The van der Waals surface area contributed by atoms with Crippen molar-refractivity contribution in [2.24, 2.45) is 4.99 Å². The van der Waals surface area contributed by atoms with E-state index in [1.807, 2.05) is 6.92 Å². The Labute approximate surface area is 148 Å². The Morgan fingerprint density at radius 3 is 2.82 bits per heavy atom. The van der Waals surface area contributed by atoms with Crippen LogP contribution in [0.5, 0.6) is 0 Å². The number of nitrogens with one attached hydrogen (secondary N) is 2.